The Hall–Kier alpha value is -1.38. The molecule has 0 spiro atoms. The SMILES string of the molecule is c1cc2c(CCC3CO3)c(CC3CO3)ccc2c(CCC2CC2)c1CC1CC1. The lowest BCUT2D eigenvalue weighted by Gasteiger charge is -2.18. The second-order valence-corrected chi connectivity index (χ2v) is 9.78. The van der Waals surface area contributed by atoms with Crippen molar-refractivity contribution < 1.29 is 9.47 Å². The van der Waals surface area contributed by atoms with Crippen LogP contribution in [0.4, 0.5) is 0 Å². The molecule has 2 nitrogen and oxygen atoms in total. The number of hydrogen-bond acceptors (Lipinski definition) is 2. The highest BCUT2D eigenvalue weighted by molar-refractivity contribution is 5.90. The minimum Gasteiger partial charge on any atom is -0.373 e. The molecule has 0 aromatic heterocycles. The standard InChI is InChI=1S/C26H32O2/c1-2-17(1)5-9-23-19(13-18-3-4-18)6-10-26-24(12-8-21-15-27-21)20(7-11-25(23)26)14-22-16-28-22/h6-7,10-11,17-18,21-22H,1-5,8-9,12-16H2. The Morgan fingerprint density at radius 3 is 1.79 bits per heavy atom. The van der Waals surface area contributed by atoms with Crippen LogP contribution in [0, 0.1) is 11.8 Å². The fraction of sp³-hybridized carbons (Fsp3) is 0.615. The Bertz CT molecular complexity index is 796. The summed E-state index contributed by atoms with van der Waals surface area (Å²) in [5.74, 6) is 1.96. The van der Waals surface area contributed by atoms with Gasteiger partial charge < -0.3 is 9.47 Å². The highest BCUT2D eigenvalue weighted by Gasteiger charge is 2.28. The molecule has 0 amide bonds. The van der Waals surface area contributed by atoms with Crippen molar-refractivity contribution >= 4 is 10.8 Å². The van der Waals surface area contributed by atoms with Gasteiger partial charge in [0.1, 0.15) is 0 Å². The van der Waals surface area contributed by atoms with Crippen LogP contribution in [0.2, 0.25) is 0 Å². The molecule has 2 aliphatic carbocycles. The summed E-state index contributed by atoms with van der Waals surface area (Å²) in [4.78, 5) is 0. The Balaban J connectivity index is 1.39. The molecular formula is C26H32O2. The van der Waals surface area contributed by atoms with Crippen molar-refractivity contribution in [3.63, 3.8) is 0 Å². The van der Waals surface area contributed by atoms with Crippen molar-refractivity contribution in [2.75, 3.05) is 13.2 Å². The van der Waals surface area contributed by atoms with Gasteiger partial charge in [0.05, 0.1) is 25.4 Å². The minimum atomic E-state index is 0.455. The Morgan fingerprint density at radius 1 is 0.643 bits per heavy atom. The summed E-state index contributed by atoms with van der Waals surface area (Å²) in [7, 11) is 0. The number of rotatable bonds is 10. The highest BCUT2D eigenvalue weighted by Crippen LogP contribution is 2.39. The van der Waals surface area contributed by atoms with E-state index in [1.165, 1.54) is 62.3 Å². The zero-order valence-electron chi connectivity index (χ0n) is 16.9. The van der Waals surface area contributed by atoms with Gasteiger partial charge in [0.2, 0.25) is 0 Å². The van der Waals surface area contributed by atoms with Crippen LogP contribution < -0.4 is 0 Å². The maximum absolute atomic E-state index is 5.56. The first-order chi connectivity index (χ1) is 13.8. The molecule has 2 heteroatoms. The lowest BCUT2D eigenvalue weighted by molar-refractivity contribution is 0.396. The molecule has 0 radical (unpaired) electrons. The van der Waals surface area contributed by atoms with Gasteiger partial charge in [-0.05, 0) is 89.8 Å². The summed E-state index contributed by atoms with van der Waals surface area (Å²) in [6.07, 6.45) is 14.1. The van der Waals surface area contributed by atoms with E-state index in [1.54, 1.807) is 22.1 Å². The summed E-state index contributed by atoms with van der Waals surface area (Å²) in [6.45, 7) is 1.90. The van der Waals surface area contributed by atoms with Crippen LogP contribution in [-0.2, 0) is 35.2 Å². The second kappa shape index (κ2) is 7.15. The Kier molecular flexibility index (Phi) is 4.46. The molecule has 2 unspecified atom stereocenters. The zero-order chi connectivity index (χ0) is 18.5. The van der Waals surface area contributed by atoms with Gasteiger partial charge in [0, 0.05) is 6.42 Å². The topological polar surface area (TPSA) is 25.1 Å². The van der Waals surface area contributed by atoms with Gasteiger partial charge in [-0.25, -0.2) is 0 Å². The van der Waals surface area contributed by atoms with Crippen molar-refractivity contribution in [3.05, 3.63) is 46.5 Å². The monoisotopic (exact) mass is 376 g/mol. The first-order valence-corrected chi connectivity index (χ1v) is 11.6. The summed E-state index contributed by atoms with van der Waals surface area (Å²) in [5.41, 5.74) is 6.41. The van der Waals surface area contributed by atoms with Gasteiger partial charge >= 0.3 is 0 Å². The van der Waals surface area contributed by atoms with E-state index in [0.717, 1.165) is 37.9 Å². The van der Waals surface area contributed by atoms with Crippen LogP contribution >= 0.6 is 0 Å². The van der Waals surface area contributed by atoms with E-state index >= 15 is 0 Å². The van der Waals surface area contributed by atoms with Gasteiger partial charge in [0.15, 0.2) is 0 Å². The molecule has 2 aromatic rings. The van der Waals surface area contributed by atoms with Crippen LogP contribution in [0.1, 0.15) is 60.8 Å². The van der Waals surface area contributed by atoms with Crippen molar-refractivity contribution in [3.8, 4) is 0 Å². The van der Waals surface area contributed by atoms with Crippen LogP contribution in [0.15, 0.2) is 24.3 Å². The minimum absolute atomic E-state index is 0.455. The van der Waals surface area contributed by atoms with E-state index in [4.69, 9.17) is 9.47 Å². The number of aryl methyl sites for hydroxylation is 2. The Morgan fingerprint density at radius 2 is 1.21 bits per heavy atom. The third-order valence-corrected chi connectivity index (χ3v) is 7.29. The quantitative estimate of drug-likeness (QED) is 0.518. The highest BCUT2D eigenvalue weighted by atomic mass is 16.6. The summed E-state index contributed by atoms with van der Waals surface area (Å²) >= 11 is 0. The van der Waals surface area contributed by atoms with Crippen LogP contribution in [0.25, 0.3) is 10.8 Å². The third-order valence-electron chi connectivity index (χ3n) is 7.29. The summed E-state index contributed by atoms with van der Waals surface area (Å²) < 4.78 is 11.1. The Labute approximate surface area is 168 Å². The molecule has 2 saturated carbocycles. The molecule has 6 rings (SSSR count). The van der Waals surface area contributed by atoms with Crippen molar-refractivity contribution in [1.29, 1.82) is 0 Å². The van der Waals surface area contributed by atoms with E-state index in [9.17, 15) is 0 Å². The molecule has 0 N–H and O–H groups in total. The number of epoxide rings is 2. The van der Waals surface area contributed by atoms with Crippen molar-refractivity contribution in [1.82, 2.24) is 0 Å². The second-order valence-electron chi connectivity index (χ2n) is 9.78. The number of benzene rings is 2. The van der Waals surface area contributed by atoms with Crippen molar-refractivity contribution in [2.45, 2.75) is 76.4 Å². The molecule has 2 aromatic carbocycles. The third kappa shape index (κ3) is 4.00. The fourth-order valence-electron chi connectivity index (χ4n) is 4.95. The largest absolute Gasteiger partial charge is 0.373 e. The lowest BCUT2D eigenvalue weighted by atomic mass is 9.86. The molecule has 148 valence electrons. The molecule has 28 heavy (non-hydrogen) atoms. The van der Waals surface area contributed by atoms with E-state index < -0.39 is 0 Å². The first-order valence-electron chi connectivity index (χ1n) is 11.6. The predicted molar refractivity (Wildman–Crippen MR) is 113 cm³/mol. The van der Waals surface area contributed by atoms with E-state index in [0.29, 0.717) is 12.2 Å². The van der Waals surface area contributed by atoms with Crippen LogP contribution in [-0.4, -0.2) is 25.4 Å². The molecule has 0 bridgehead atoms. The molecule has 2 aliphatic heterocycles. The van der Waals surface area contributed by atoms with Gasteiger partial charge in [-0.1, -0.05) is 37.1 Å². The summed E-state index contributed by atoms with van der Waals surface area (Å²) in [5, 5.41) is 3.06. The average molecular weight is 377 g/mol. The molecule has 2 heterocycles. The van der Waals surface area contributed by atoms with Gasteiger partial charge in [0.25, 0.3) is 0 Å². The zero-order valence-corrected chi connectivity index (χ0v) is 16.9. The lowest BCUT2D eigenvalue weighted by Crippen LogP contribution is -2.05. The normalized spacial score (nSPS) is 26.0. The van der Waals surface area contributed by atoms with Crippen LogP contribution in [0.3, 0.4) is 0 Å². The van der Waals surface area contributed by atoms with Crippen molar-refractivity contribution in [2.24, 2.45) is 11.8 Å². The summed E-state index contributed by atoms with van der Waals surface area (Å²) in [6, 6.07) is 9.81. The number of hydrogen-bond donors (Lipinski definition) is 0. The molecule has 2 saturated heterocycles. The number of ether oxygens (including phenoxy) is 2. The van der Waals surface area contributed by atoms with Gasteiger partial charge in [-0.3, -0.25) is 0 Å². The molecule has 2 atom stereocenters. The van der Waals surface area contributed by atoms with E-state index in [-0.39, 0.29) is 0 Å². The smallest absolute Gasteiger partial charge is 0.0850 e. The van der Waals surface area contributed by atoms with Gasteiger partial charge in [-0.2, -0.15) is 0 Å². The maximum atomic E-state index is 5.56. The molecule has 4 fully saturated rings. The van der Waals surface area contributed by atoms with E-state index in [1.807, 2.05) is 0 Å². The van der Waals surface area contributed by atoms with E-state index in [2.05, 4.69) is 24.3 Å². The maximum Gasteiger partial charge on any atom is 0.0850 e. The predicted octanol–water partition coefficient (Wildman–Crippen LogP) is 5.41. The first kappa shape index (κ1) is 17.5. The van der Waals surface area contributed by atoms with Gasteiger partial charge in [-0.15, -0.1) is 0 Å². The fourth-order valence-corrected chi connectivity index (χ4v) is 4.95. The average Bonchev–Trinajstić information content (AvgIpc) is 3.55. The molecular weight excluding hydrogens is 344 g/mol. The number of fused-ring (bicyclic) bond motifs is 1. The van der Waals surface area contributed by atoms with Crippen LogP contribution in [0.5, 0.6) is 0 Å². The molecule has 4 aliphatic rings.